The predicted molar refractivity (Wildman–Crippen MR) is 100 cm³/mol. The lowest BCUT2D eigenvalue weighted by Gasteiger charge is -1.82. The summed E-state index contributed by atoms with van der Waals surface area (Å²) in [6.45, 7) is 23.3. The van der Waals surface area contributed by atoms with E-state index < -0.39 is 0 Å². The lowest BCUT2D eigenvalue weighted by molar-refractivity contribution is 1.48. The van der Waals surface area contributed by atoms with Gasteiger partial charge in [-0.25, -0.2) is 0 Å². The van der Waals surface area contributed by atoms with Gasteiger partial charge in [0.05, 0.1) is 0 Å². The molecule has 0 aliphatic rings. The molecule has 116 valence electrons. The van der Waals surface area contributed by atoms with Crippen molar-refractivity contribution in [3.05, 3.63) is 72.9 Å². The van der Waals surface area contributed by atoms with Crippen LogP contribution in [0.1, 0.15) is 55.4 Å². The number of hydrogen-bond acceptors (Lipinski definition) is 0. The lowest BCUT2D eigenvalue weighted by atomic mass is 10.3. The minimum absolute atomic E-state index is 1.20. The molecule has 0 rings (SSSR count). The third-order valence-corrected chi connectivity index (χ3v) is 1.82. The Morgan fingerprint density at radius 2 is 1.30 bits per heavy atom. The van der Waals surface area contributed by atoms with Crippen LogP contribution in [0.2, 0.25) is 0 Å². The average Bonchev–Trinajstić information content (AvgIpc) is 2.54. The van der Waals surface area contributed by atoms with E-state index in [1.165, 1.54) is 11.1 Å². The average molecular weight is 277 g/mol. The van der Waals surface area contributed by atoms with Gasteiger partial charge in [0.1, 0.15) is 0 Å². The van der Waals surface area contributed by atoms with Gasteiger partial charge in [-0.15, -0.1) is 0 Å². The molecule has 0 amide bonds. The van der Waals surface area contributed by atoms with Crippen LogP contribution in [0, 0.1) is 0 Å². The van der Waals surface area contributed by atoms with Gasteiger partial charge >= 0.3 is 0 Å². The van der Waals surface area contributed by atoms with Crippen molar-refractivity contribution in [2.45, 2.75) is 55.4 Å². The Balaban J connectivity index is -0.000000102. The SMILES string of the molecule is C=C/C(C)=C\C=C/C.C=C/C=C\C(C)=C/C.CC.CC. The van der Waals surface area contributed by atoms with Crippen LogP contribution in [0.3, 0.4) is 0 Å². The summed E-state index contributed by atoms with van der Waals surface area (Å²) in [6.07, 6.45) is 15.6. The molecule has 0 aliphatic carbocycles. The van der Waals surface area contributed by atoms with Gasteiger partial charge in [-0.05, 0) is 27.7 Å². The Morgan fingerprint density at radius 3 is 1.60 bits per heavy atom. The molecule has 0 radical (unpaired) electrons. The van der Waals surface area contributed by atoms with Crippen LogP contribution in [0.15, 0.2) is 72.9 Å². The zero-order valence-corrected chi connectivity index (χ0v) is 15.0. The van der Waals surface area contributed by atoms with Gasteiger partial charge in [-0.1, -0.05) is 101 Å². The first kappa shape index (κ1) is 26.9. The van der Waals surface area contributed by atoms with Crippen molar-refractivity contribution in [1.82, 2.24) is 0 Å². The fraction of sp³-hybridized carbons (Fsp3) is 0.400. The smallest absolute Gasteiger partial charge is 0.0398 e. The third-order valence-electron chi connectivity index (χ3n) is 1.82. The molecular weight excluding hydrogens is 240 g/mol. The largest absolute Gasteiger partial charge is 0.0991 e. The highest BCUT2D eigenvalue weighted by Crippen LogP contribution is 1.92. The Labute approximate surface area is 129 Å². The van der Waals surface area contributed by atoms with E-state index in [1.54, 1.807) is 6.08 Å². The zero-order valence-electron chi connectivity index (χ0n) is 15.0. The van der Waals surface area contributed by atoms with E-state index in [1.807, 2.05) is 84.9 Å². The second-order valence-electron chi connectivity index (χ2n) is 3.27. The fourth-order valence-electron chi connectivity index (χ4n) is 0.632. The number of hydrogen-bond donors (Lipinski definition) is 0. The molecule has 0 spiro atoms. The molecule has 0 N–H and O–H groups in total. The standard InChI is InChI=1S/2C8H12.2C2H6/c2*1-4-6-7-8(3)5-2;2*1-2/h4-7H,2H2,1,3H3;4-7H,1H2,2-3H3;2*1-2H3/b6-4-,8-7-;7-6-,8-5-;;. The summed E-state index contributed by atoms with van der Waals surface area (Å²) in [4.78, 5) is 0. The Hall–Kier alpha value is -1.56. The van der Waals surface area contributed by atoms with Crippen LogP contribution < -0.4 is 0 Å². The highest BCUT2D eigenvalue weighted by molar-refractivity contribution is 5.19. The number of allylic oxidation sites excluding steroid dienone is 10. The predicted octanol–water partition coefficient (Wildman–Crippen LogP) is 7.44. The molecule has 0 unspecified atom stereocenters. The summed E-state index contributed by atoms with van der Waals surface area (Å²) in [6, 6.07) is 0. The summed E-state index contributed by atoms with van der Waals surface area (Å²) >= 11 is 0. The van der Waals surface area contributed by atoms with E-state index in [0.717, 1.165) is 0 Å². The van der Waals surface area contributed by atoms with Crippen LogP contribution >= 0.6 is 0 Å². The molecule has 0 aromatic rings. The minimum atomic E-state index is 1.20. The molecule has 0 heteroatoms. The molecule has 0 aromatic heterocycles. The van der Waals surface area contributed by atoms with Crippen LogP contribution in [-0.2, 0) is 0 Å². The van der Waals surface area contributed by atoms with Crippen molar-refractivity contribution < 1.29 is 0 Å². The van der Waals surface area contributed by atoms with E-state index in [2.05, 4.69) is 26.2 Å². The quantitative estimate of drug-likeness (QED) is 0.468. The molecule has 0 aromatic carbocycles. The maximum absolute atomic E-state index is 3.61. The molecule has 0 heterocycles. The highest BCUT2D eigenvalue weighted by atomic mass is 13.8. The molecule has 0 bridgehead atoms. The lowest BCUT2D eigenvalue weighted by Crippen LogP contribution is -1.60. The second kappa shape index (κ2) is 30.5. The fourth-order valence-corrected chi connectivity index (χ4v) is 0.632. The monoisotopic (exact) mass is 276 g/mol. The van der Waals surface area contributed by atoms with Gasteiger partial charge in [-0.2, -0.15) is 0 Å². The van der Waals surface area contributed by atoms with Gasteiger partial charge in [0.25, 0.3) is 0 Å². The van der Waals surface area contributed by atoms with Crippen LogP contribution in [0.25, 0.3) is 0 Å². The third kappa shape index (κ3) is 36.0. The van der Waals surface area contributed by atoms with Crippen LogP contribution in [-0.4, -0.2) is 0 Å². The second-order valence-corrected chi connectivity index (χ2v) is 3.27. The molecule has 0 atom stereocenters. The van der Waals surface area contributed by atoms with E-state index >= 15 is 0 Å². The zero-order chi connectivity index (χ0) is 16.8. The van der Waals surface area contributed by atoms with Crippen molar-refractivity contribution in [2.24, 2.45) is 0 Å². The Kier molecular flexibility index (Phi) is 41.0. The maximum atomic E-state index is 3.61. The first-order chi connectivity index (χ1) is 9.62. The van der Waals surface area contributed by atoms with E-state index in [-0.39, 0.29) is 0 Å². The Morgan fingerprint density at radius 1 is 0.800 bits per heavy atom. The summed E-state index contributed by atoms with van der Waals surface area (Å²) in [7, 11) is 0. The highest BCUT2D eigenvalue weighted by Gasteiger charge is 1.71. The van der Waals surface area contributed by atoms with Gasteiger partial charge in [0.2, 0.25) is 0 Å². The molecule has 0 saturated carbocycles. The summed E-state index contributed by atoms with van der Waals surface area (Å²) in [5.41, 5.74) is 2.47. The molecule has 20 heavy (non-hydrogen) atoms. The normalized spacial score (nSPS) is 10.6. The van der Waals surface area contributed by atoms with Gasteiger partial charge < -0.3 is 0 Å². The van der Waals surface area contributed by atoms with Crippen molar-refractivity contribution in [3.63, 3.8) is 0 Å². The van der Waals surface area contributed by atoms with Crippen molar-refractivity contribution in [1.29, 1.82) is 0 Å². The van der Waals surface area contributed by atoms with E-state index in [0.29, 0.717) is 0 Å². The maximum Gasteiger partial charge on any atom is -0.0398 e. The summed E-state index contributed by atoms with van der Waals surface area (Å²) in [5, 5.41) is 0. The molecule has 0 aliphatic heterocycles. The van der Waals surface area contributed by atoms with Gasteiger partial charge in [0.15, 0.2) is 0 Å². The van der Waals surface area contributed by atoms with E-state index in [4.69, 9.17) is 0 Å². The topological polar surface area (TPSA) is 0 Å². The Bertz CT molecular complexity index is 296. The number of rotatable bonds is 4. The molecule has 0 nitrogen and oxygen atoms in total. The molecule has 0 saturated heterocycles. The first-order valence-corrected chi connectivity index (χ1v) is 7.46. The van der Waals surface area contributed by atoms with Gasteiger partial charge in [0, 0.05) is 0 Å². The van der Waals surface area contributed by atoms with Crippen molar-refractivity contribution in [3.8, 4) is 0 Å². The molecular formula is C20H36. The molecule has 0 fully saturated rings. The van der Waals surface area contributed by atoms with E-state index in [9.17, 15) is 0 Å². The summed E-state index contributed by atoms with van der Waals surface area (Å²) < 4.78 is 0. The van der Waals surface area contributed by atoms with Crippen LogP contribution in [0.5, 0.6) is 0 Å². The summed E-state index contributed by atoms with van der Waals surface area (Å²) in [5.74, 6) is 0. The van der Waals surface area contributed by atoms with Crippen LogP contribution in [0.4, 0.5) is 0 Å². The minimum Gasteiger partial charge on any atom is -0.0991 e. The van der Waals surface area contributed by atoms with Crippen molar-refractivity contribution >= 4 is 0 Å². The van der Waals surface area contributed by atoms with Gasteiger partial charge in [-0.3, -0.25) is 0 Å². The first-order valence-electron chi connectivity index (χ1n) is 7.46. The van der Waals surface area contributed by atoms with Crippen molar-refractivity contribution in [2.75, 3.05) is 0 Å².